The molecule has 7 heteroatoms. The molecule has 1 amide bonds. The fourth-order valence-corrected chi connectivity index (χ4v) is 5.42. The minimum atomic E-state index is -0.00859. The Morgan fingerprint density at radius 1 is 1.06 bits per heavy atom. The van der Waals surface area contributed by atoms with Crippen LogP contribution >= 0.6 is 0 Å². The SMILES string of the molecule is CN(Cc1ccccc1)C(=O)c1nn(C)c2c1CC(N1CCN(c3ccccc3O)CC1)CC2. The summed E-state index contributed by atoms with van der Waals surface area (Å²) in [5, 5.41) is 14.9. The summed E-state index contributed by atoms with van der Waals surface area (Å²) >= 11 is 0. The van der Waals surface area contributed by atoms with Gasteiger partial charge in [0.05, 0.1) is 5.69 Å². The monoisotopic (exact) mass is 459 g/mol. The molecular weight excluding hydrogens is 426 g/mol. The topological polar surface area (TPSA) is 64.8 Å². The van der Waals surface area contributed by atoms with Gasteiger partial charge in [0, 0.05) is 64.1 Å². The lowest BCUT2D eigenvalue weighted by Crippen LogP contribution is -2.52. The number of aromatic hydroxyl groups is 1. The van der Waals surface area contributed by atoms with E-state index in [0.717, 1.165) is 62.3 Å². The number of phenolic OH excluding ortho intramolecular Hbond substituents is 1. The van der Waals surface area contributed by atoms with Crippen molar-refractivity contribution in [3.8, 4) is 5.75 Å². The molecule has 0 saturated carbocycles. The number of carbonyl (C=O) groups is 1. The average Bonchev–Trinajstić information content (AvgIpc) is 3.20. The van der Waals surface area contributed by atoms with Gasteiger partial charge in [-0.05, 0) is 37.0 Å². The zero-order valence-corrected chi connectivity index (χ0v) is 20.0. The van der Waals surface area contributed by atoms with Gasteiger partial charge in [0.2, 0.25) is 0 Å². The van der Waals surface area contributed by atoms with Crippen LogP contribution in [0.4, 0.5) is 5.69 Å². The number of piperazine rings is 1. The molecule has 1 aliphatic carbocycles. The van der Waals surface area contributed by atoms with Crippen molar-refractivity contribution in [2.75, 3.05) is 38.1 Å². The van der Waals surface area contributed by atoms with E-state index in [9.17, 15) is 9.90 Å². The number of anilines is 1. The lowest BCUT2D eigenvalue weighted by Gasteiger charge is -2.41. The number of nitrogens with zero attached hydrogens (tertiary/aromatic N) is 5. The normalized spacial score (nSPS) is 18.5. The van der Waals surface area contributed by atoms with Crippen LogP contribution in [0.2, 0.25) is 0 Å². The fraction of sp³-hybridized carbons (Fsp3) is 0.407. The van der Waals surface area contributed by atoms with Gasteiger partial charge in [-0.3, -0.25) is 14.4 Å². The molecule has 1 atom stereocenters. The predicted molar refractivity (Wildman–Crippen MR) is 133 cm³/mol. The molecule has 34 heavy (non-hydrogen) atoms. The molecular formula is C27H33N5O2. The Balaban J connectivity index is 1.27. The molecule has 0 bridgehead atoms. The largest absolute Gasteiger partial charge is 0.506 e. The molecule has 5 rings (SSSR count). The Bertz CT molecular complexity index is 1150. The quantitative estimate of drug-likeness (QED) is 0.635. The van der Waals surface area contributed by atoms with Crippen LogP contribution in [-0.4, -0.2) is 69.9 Å². The summed E-state index contributed by atoms with van der Waals surface area (Å²) in [5.74, 6) is 0.335. The summed E-state index contributed by atoms with van der Waals surface area (Å²) in [7, 11) is 3.81. The van der Waals surface area contributed by atoms with E-state index >= 15 is 0 Å². The molecule has 0 radical (unpaired) electrons. The molecule has 1 N–H and O–H groups in total. The zero-order chi connectivity index (χ0) is 23.7. The van der Waals surface area contributed by atoms with Crippen molar-refractivity contribution in [2.45, 2.75) is 31.8 Å². The first-order valence-electron chi connectivity index (χ1n) is 12.1. The Morgan fingerprint density at radius 3 is 2.50 bits per heavy atom. The summed E-state index contributed by atoms with van der Waals surface area (Å²) in [6, 6.07) is 18.1. The van der Waals surface area contributed by atoms with Crippen LogP contribution in [0.25, 0.3) is 0 Å². The third-order valence-electron chi connectivity index (χ3n) is 7.29. The molecule has 2 heterocycles. The maximum absolute atomic E-state index is 13.4. The highest BCUT2D eigenvalue weighted by molar-refractivity contribution is 5.94. The number of aromatic nitrogens is 2. The lowest BCUT2D eigenvalue weighted by atomic mass is 9.89. The number of amides is 1. The van der Waals surface area contributed by atoms with Crippen molar-refractivity contribution in [1.29, 1.82) is 0 Å². The summed E-state index contributed by atoms with van der Waals surface area (Å²) < 4.78 is 1.91. The lowest BCUT2D eigenvalue weighted by molar-refractivity contribution is 0.0776. The van der Waals surface area contributed by atoms with Crippen LogP contribution < -0.4 is 4.90 Å². The summed E-state index contributed by atoms with van der Waals surface area (Å²) in [5.41, 5.74) is 4.94. The predicted octanol–water partition coefficient (Wildman–Crippen LogP) is 3.08. The van der Waals surface area contributed by atoms with E-state index in [-0.39, 0.29) is 5.91 Å². The third kappa shape index (κ3) is 4.40. The van der Waals surface area contributed by atoms with Crippen molar-refractivity contribution in [1.82, 2.24) is 19.6 Å². The van der Waals surface area contributed by atoms with Crippen molar-refractivity contribution < 1.29 is 9.90 Å². The van der Waals surface area contributed by atoms with Crippen LogP contribution in [0.5, 0.6) is 5.75 Å². The van der Waals surface area contributed by atoms with Gasteiger partial charge in [0.1, 0.15) is 5.75 Å². The van der Waals surface area contributed by atoms with Crippen molar-refractivity contribution in [3.05, 3.63) is 77.1 Å². The number of aryl methyl sites for hydroxylation is 1. The number of rotatable bonds is 5. The Labute approximate surface area is 201 Å². The van der Waals surface area contributed by atoms with Gasteiger partial charge in [-0.1, -0.05) is 42.5 Å². The number of hydrogen-bond donors (Lipinski definition) is 1. The maximum Gasteiger partial charge on any atom is 0.274 e. The number of hydrogen-bond acceptors (Lipinski definition) is 5. The molecule has 2 aliphatic rings. The van der Waals surface area contributed by atoms with Gasteiger partial charge >= 0.3 is 0 Å². The van der Waals surface area contributed by atoms with Crippen LogP contribution in [0, 0.1) is 0 Å². The van der Waals surface area contributed by atoms with E-state index in [1.165, 1.54) is 5.69 Å². The highest BCUT2D eigenvalue weighted by Gasteiger charge is 2.33. The number of benzene rings is 2. The molecule has 3 aromatic rings. The Kier molecular flexibility index (Phi) is 6.28. The molecule has 1 unspecified atom stereocenters. The molecule has 1 aromatic heterocycles. The molecule has 178 valence electrons. The van der Waals surface area contributed by atoms with Gasteiger partial charge in [0.15, 0.2) is 5.69 Å². The van der Waals surface area contributed by atoms with Crippen LogP contribution in [-0.2, 0) is 26.4 Å². The van der Waals surface area contributed by atoms with Crippen molar-refractivity contribution >= 4 is 11.6 Å². The Morgan fingerprint density at radius 2 is 1.76 bits per heavy atom. The van der Waals surface area contributed by atoms with E-state index in [1.54, 1.807) is 11.0 Å². The summed E-state index contributed by atoms with van der Waals surface area (Å²) in [4.78, 5) is 19.9. The average molecular weight is 460 g/mol. The van der Waals surface area contributed by atoms with E-state index in [2.05, 4.69) is 14.9 Å². The van der Waals surface area contributed by atoms with E-state index in [4.69, 9.17) is 0 Å². The minimum absolute atomic E-state index is 0.00859. The number of phenols is 1. The van der Waals surface area contributed by atoms with E-state index in [0.29, 0.717) is 24.0 Å². The first kappa shape index (κ1) is 22.5. The molecule has 2 aromatic carbocycles. The third-order valence-corrected chi connectivity index (χ3v) is 7.29. The second kappa shape index (κ2) is 9.50. The van der Waals surface area contributed by atoms with E-state index in [1.807, 2.05) is 67.3 Å². The highest BCUT2D eigenvalue weighted by atomic mass is 16.3. The van der Waals surface area contributed by atoms with Crippen LogP contribution in [0.1, 0.15) is 33.7 Å². The molecule has 7 nitrogen and oxygen atoms in total. The zero-order valence-electron chi connectivity index (χ0n) is 20.0. The van der Waals surface area contributed by atoms with Crippen LogP contribution in [0.15, 0.2) is 54.6 Å². The van der Waals surface area contributed by atoms with Crippen molar-refractivity contribution in [3.63, 3.8) is 0 Å². The minimum Gasteiger partial charge on any atom is -0.506 e. The first-order valence-corrected chi connectivity index (χ1v) is 12.1. The second-order valence-corrected chi connectivity index (χ2v) is 9.45. The molecule has 0 spiro atoms. The first-order chi connectivity index (χ1) is 16.5. The molecule has 1 fully saturated rings. The Hall–Kier alpha value is -3.32. The van der Waals surface area contributed by atoms with Gasteiger partial charge in [-0.15, -0.1) is 0 Å². The smallest absolute Gasteiger partial charge is 0.274 e. The molecule has 1 saturated heterocycles. The van der Waals surface area contributed by atoms with Crippen LogP contribution in [0.3, 0.4) is 0 Å². The van der Waals surface area contributed by atoms with Crippen molar-refractivity contribution in [2.24, 2.45) is 7.05 Å². The number of fused-ring (bicyclic) bond motifs is 1. The second-order valence-electron chi connectivity index (χ2n) is 9.45. The van der Waals surface area contributed by atoms with Gasteiger partial charge < -0.3 is 14.9 Å². The maximum atomic E-state index is 13.4. The van der Waals surface area contributed by atoms with Gasteiger partial charge in [0.25, 0.3) is 5.91 Å². The number of para-hydroxylation sites is 2. The summed E-state index contributed by atoms with van der Waals surface area (Å²) in [6.07, 6.45) is 2.88. The standard InChI is InChI=1S/C27H33N5O2/c1-29(19-20-8-4-3-5-9-20)27(34)26-22-18-21(12-13-23(22)30(2)28-26)31-14-16-32(17-15-31)24-10-6-7-11-25(24)33/h3-11,21,33H,12-19H2,1-2H3. The highest BCUT2D eigenvalue weighted by Crippen LogP contribution is 2.31. The van der Waals surface area contributed by atoms with Gasteiger partial charge in [-0.25, -0.2) is 0 Å². The van der Waals surface area contributed by atoms with Gasteiger partial charge in [-0.2, -0.15) is 5.10 Å². The summed E-state index contributed by atoms with van der Waals surface area (Å²) in [6.45, 7) is 4.25. The number of carbonyl (C=O) groups excluding carboxylic acids is 1. The van der Waals surface area contributed by atoms with E-state index < -0.39 is 0 Å². The fourth-order valence-electron chi connectivity index (χ4n) is 5.42. The molecule has 1 aliphatic heterocycles.